The second kappa shape index (κ2) is 5.78. The van der Waals surface area contributed by atoms with E-state index in [1.807, 2.05) is 23.1 Å². The second-order valence-electron chi connectivity index (χ2n) is 4.65. The van der Waals surface area contributed by atoms with E-state index >= 15 is 0 Å². The molecule has 1 fully saturated rings. The van der Waals surface area contributed by atoms with Gasteiger partial charge >= 0.3 is 0 Å². The lowest BCUT2D eigenvalue weighted by molar-refractivity contribution is -0.133. The first-order chi connectivity index (χ1) is 8.72. The minimum Gasteiger partial charge on any atom is -0.332 e. The maximum atomic E-state index is 12.2. The van der Waals surface area contributed by atoms with Gasteiger partial charge in [0.1, 0.15) is 0 Å². The molecule has 18 heavy (non-hydrogen) atoms. The van der Waals surface area contributed by atoms with Crippen LogP contribution >= 0.6 is 0 Å². The van der Waals surface area contributed by atoms with E-state index in [2.05, 4.69) is 11.6 Å². The maximum absolute atomic E-state index is 12.2. The Morgan fingerprint density at radius 3 is 2.94 bits per heavy atom. The molecular weight excluding hydrogens is 226 g/mol. The fraction of sp³-hybridized carbons (Fsp3) is 0.429. The number of pyridine rings is 1. The van der Waals surface area contributed by atoms with E-state index in [1.54, 1.807) is 12.3 Å². The van der Waals surface area contributed by atoms with Crippen molar-refractivity contribution in [1.29, 1.82) is 0 Å². The van der Waals surface area contributed by atoms with Crippen molar-refractivity contribution in [3.8, 4) is 0 Å². The molecule has 0 radical (unpaired) electrons. The van der Waals surface area contributed by atoms with Gasteiger partial charge in [-0.05, 0) is 31.4 Å². The van der Waals surface area contributed by atoms with Gasteiger partial charge in [0.15, 0.2) is 0 Å². The molecule has 1 saturated carbocycles. The van der Waals surface area contributed by atoms with Crippen molar-refractivity contribution in [2.24, 2.45) is 5.73 Å². The van der Waals surface area contributed by atoms with E-state index in [0.717, 1.165) is 18.5 Å². The SMILES string of the molecule is C=CCC(N)C(=O)N(Cc1ccccn1)C1CC1. The Labute approximate surface area is 108 Å². The Bertz CT molecular complexity index is 414. The lowest BCUT2D eigenvalue weighted by atomic mass is 10.2. The topological polar surface area (TPSA) is 59.2 Å². The third-order valence-corrected chi connectivity index (χ3v) is 3.07. The number of nitrogens with zero attached hydrogens (tertiary/aromatic N) is 2. The molecule has 0 spiro atoms. The average molecular weight is 245 g/mol. The summed E-state index contributed by atoms with van der Waals surface area (Å²) >= 11 is 0. The third kappa shape index (κ3) is 3.17. The molecule has 2 rings (SSSR count). The van der Waals surface area contributed by atoms with Gasteiger partial charge in [-0.1, -0.05) is 12.1 Å². The Kier molecular flexibility index (Phi) is 4.10. The summed E-state index contributed by atoms with van der Waals surface area (Å²) in [5.41, 5.74) is 6.77. The molecule has 1 aromatic heterocycles. The van der Waals surface area contributed by atoms with Crippen LogP contribution in [-0.2, 0) is 11.3 Å². The smallest absolute Gasteiger partial charge is 0.240 e. The number of amides is 1. The lowest BCUT2D eigenvalue weighted by Gasteiger charge is -2.25. The molecule has 0 aromatic carbocycles. The largest absolute Gasteiger partial charge is 0.332 e. The number of hydrogen-bond acceptors (Lipinski definition) is 3. The third-order valence-electron chi connectivity index (χ3n) is 3.07. The van der Waals surface area contributed by atoms with E-state index in [4.69, 9.17) is 5.73 Å². The highest BCUT2D eigenvalue weighted by atomic mass is 16.2. The number of rotatable bonds is 6. The molecule has 0 bridgehead atoms. The van der Waals surface area contributed by atoms with Gasteiger partial charge in [-0.2, -0.15) is 0 Å². The highest BCUT2D eigenvalue weighted by molar-refractivity contribution is 5.82. The maximum Gasteiger partial charge on any atom is 0.240 e. The normalized spacial score (nSPS) is 16.1. The molecule has 1 aliphatic rings. The number of aromatic nitrogens is 1. The molecule has 0 aliphatic heterocycles. The van der Waals surface area contributed by atoms with Crippen molar-refractivity contribution in [1.82, 2.24) is 9.88 Å². The lowest BCUT2D eigenvalue weighted by Crippen LogP contribution is -2.44. The molecule has 1 unspecified atom stereocenters. The van der Waals surface area contributed by atoms with Crippen LogP contribution in [0.5, 0.6) is 0 Å². The summed E-state index contributed by atoms with van der Waals surface area (Å²) in [5, 5.41) is 0. The zero-order chi connectivity index (χ0) is 13.0. The molecule has 96 valence electrons. The summed E-state index contributed by atoms with van der Waals surface area (Å²) in [6.45, 7) is 4.17. The van der Waals surface area contributed by atoms with Gasteiger partial charge in [0, 0.05) is 12.2 Å². The molecule has 1 amide bonds. The summed E-state index contributed by atoms with van der Waals surface area (Å²) < 4.78 is 0. The van der Waals surface area contributed by atoms with Crippen LogP contribution in [0, 0.1) is 0 Å². The van der Waals surface area contributed by atoms with Crippen molar-refractivity contribution in [2.75, 3.05) is 0 Å². The van der Waals surface area contributed by atoms with Gasteiger partial charge < -0.3 is 10.6 Å². The molecule has 1 atom stereocenters. The van der Waals surface area contributed by atoms with Crippen LogP contribution in [0.4, 0.5) is 0 Å². The Hall–Kier alpha value is -1.68. The van der Waals surface area contributed by atoms with Crippen molar-refractivity contribution in [3.63, 3.8) is 0 Å². The van der Waals surface area contributed by atoms with Crippen molar-refractivity contribution in [2.45, 2.75) is 37.9 Å². The van der Waals surface area contributed by atoms with Gasteiger partial charge in [0.2, 0.25) is 5.91 Å². The number of hydrogen-bond donors (Lipinski definition) is 1. The first-order valence-corrected chi connectivity index (χ1v) is 6.29. The highest BCUT2D eigenvalue weighted by Crippen LogP contribution is 2.28. The summed E-state index contributed by atoms with van der Waals surface area (Å²) in [7, 11) is 0. The Balaban J connectivity index is 2.04. The summed E-state index contributed by atoms with van der Waals surface area (Å²) in [5.74, 6) is 0.00283. The van der Waals surface area contributed by atoms with Gasteiger partial charge in [0.05, 0.1) is 18.3 Å². The van der Waals surface area contributed by atoms with Crippen molar-refractivity contribution >= 4 is 5.91 Å². The second-order valence-corrected chi connectivity index (χ2v) is 4.65. The fourth-order valence-electron chi connectivity index (χ4n) is 1.93. The summed E-state index contributed by atoms with van der Waals surface area (Å²) in [6, 6.07) is 5.60. The van der Waals surface area contributed by atoms with E-state index in [9.17, 15) is 4.79 Å². The Morgan fingerprint density at radius 2 is 2.39 bits per heavy atom. The first kappa shape index (κ1) is 12.8. The molecular formula is C14H19N3O. The standard InChI is InChI=1S/C14H19N3O/c1-2-5-13(15)14(18)17(12-7-8-12)10-11-6-3-4-9-16-11/h2-4,6,9,12-13H,1,5,7-8,10,15H2. The molecule has 1 heterocycles. The molecule has 0 saturated heterocycles. The average Bonchev–Trinajstić information content (AvgIpc) is 3.21. The van der Waals surface area contributed by atoms with Crippen molar-refractivity contribution in [3.05, 3.63) is 42.7 Å². The van der Waals surface area contributed by atoms with Crippen LogP contribution in [0.1, 0.15) is 25.0 Å². The molecule has 2 N–H and O–H groups in total. The number of carbonyl (C=O) groups is 1. The predicted molar refractivity (Wildman–Crippen MR) is 70.6 cm³/mol. The predicted octanol–water partition coefficient (Wildman–Crippen LogP) is 1.48. The van der Waals surface area contributed by atoms with Crippen molar-refractivity contribution < 1.29 is 4.79 Å². The van der Waals surface area contributed by atoms with Gasteiger partial charge in [-0.25, -0.2) is 0 Å². The van der Waals surface area contributed by atoms with Gasteiger partial charge in [0.25, 0.3) is 0 Å². The molecule has 4 heteroatoms. The van der Waals surface area contributed by atoms with Crippen LogP contribution in [0.25, 0.3) is 0 Å². The fourth-order valence-corrected chi connectivity index (χ4v) is 1.93. The Morgan fingerprint density at radius 1 is 1.61 bits per heavy atom. The van der Waals surface area contributed by atoms with Gasteiger partial charge in [-0.15, -0.1) is 6.58 Å². The molecule has 1 aliphatic carbocycles. The van der Waals surface area contributed by atoms with Crippen LogP contribution in [0.3, 0.4) is 0 Å². The summed E-state index contributed by atoms with van der Waals surface area (Å²) in [4.78, 5) is 18.4. The zero-order valence-electron chi connectivity index (χ0n) is 10.5. The minimum atomic E-state index is -0.480. The molecule has 1 aromatic rings. The quantitative estimate of drug-likeness (QED) is 0.772. The van der Waals surface area contributed by atoms with Crippen LogP contribution in [0.2, 0.25) is 0 Å². The van der Waals surface area contributed by atoms with Crippen LogP contribution in [-0.4, -0.2) is 27.9 Å². The monoisotopic (exact) mass is 245 g/mol. The van der Waals surface area contributed by atoms with Gasteiger partial charge in [-0.3, -0.25) is 9.78 Å². The van der Waals surface area contributed by atoms with Crippen LogP contribution < -0.4 is 5.73 Å². The number of carbonyl (C=O) groups excluding carboxylic acids is 1. The zero-order valence-corrected chi connectivity index (χ0v) is 10.5. The first-order valence-electron chi connectivity index (χ1n) is 6.29. The van der Waals surface area contributed by atoms with E-state index in [0.29, 0.717) is 19.0 Å². The van der Waals surface area contributed by atoms with E-state index in [-0.39, 0.29) is 5.91 Å². The molecule has 4 nitrogen and oxygen atoms in total. The minimum absolute atomic E-state index is 0.00283. The van der Waals surface area contributed by atoms with E-state index < -0.39 is 6.04 Å². The van der Waals surface area contributed by atoms with Crippen LogP contribution in [0.15, 0.2) is 37.1 Å². The number of nitrogens with two attached hydrogens (primary N) is 1. The summed E-state index contributed by atoms with van der Waals surface area (Å²) in [6.07, 6.45) is 6.09. The van der Waals surface area contributed by atoms with E-state index in [1.165, 1.54) is 0 Å². The highest BCUT2D eigenvalue weighted by Gasteiger charge is 2.34.